The van der Waals surface area contributed by atoms with Crippen molar-refractivity contribution in [2.24, 2.45) is 0 Å². The SMILES string of the molecule is CCC(Cl)c1noc(-c2ccc(C)c(C)c2)n1. The quantitative estimate of drug-likeness (QED) is 0.772. The van der Waals surface area contributed by atoms with Gasteiger partial charge in [-0.2, -0.15) is 4.98 Å². The van der Waals surface area contributed by atoms with Gasteiger partial charge in [-0.25, -0.2) is 0 Å². The molecule has 90 valence electrons. The van der Waals surface area contributed by atoms with Crippen molar-refractivity contribution in [2.75, 3.05) is 0 Å². The maximum Gasteiger partial charge on any atom is 0.257 e. The first-order chi connectivity index (χ1) is 8.11. The van der Waals surface area contributed by atoms with Gasteiger partial charge in [0.1, 0.15) is 0 Å². The van der Waals surface area contributed by atoms with Gasteiger partial charge in [0.05, 0.1) is 5.38 Å². The number of hydrogen-bond acceptors (Lipinski definition) is 3. The van der Waals surface area contributed by atoms with Crippen molar-refractivity contribution in [3.8, 4) is 11.5 Å². The van der Waals surface area contributed by atoms with Crippen molar-refractivity contribution in [1.82, 2.24) is 10.1 Å². The van der Waals surface area contributed by atoms with Crippen LogP contribution in [0.2, 0.25) is 0 Å². The molecule has 0 saturated heterocycles. The maximum atomic E-state index is 6.06. The highest BCUT2D eigenvalue weighted by atomic mass is 35.5. The Morgan fingerprint density at radius 3 is 2.71 bits per heavy atom. The zero-order valence-corrected chi connectivity index (χ0v) is 11.0. The van der Waals surface area contributed by atoms with Crippen LogP contribution in [0.15, 0.2) is 22.7 Å². The van der Waals surface area contributed by atoms with E-state index in [0.717, 1.165) is 12.0 Å². The van der Waals surface area contributed by atoms with Crippen molar-refractivity contribution >= 4 is 11.6 Å². The summed E-state index contributed by atoms with van der Waals surface area (Å²) in [5.41, 5.74) is 3.39. The van der Waals surface area contributed by atoms with E-state index in [-0.39, 0.29) is 5.38 Å². The van der Waals surface area contributed by atoms with Gasteiger partial charge in [-0.15, -0.1) is 11.6 Å². The third-order valence-electron chi connectivity index (χ3n) is 2.83. The van der Waals surface area contributed by atoms with Crippen LogP contribution in [0.3, 0.4) is 0 Å². The van der Waals surface area contributed by atoms with Crippen molar-refractivity contribution in [1.29, 1.82) is 0 Å². The van der Waals surface area contributed by atoms with Gasteiger partial charge in [0, 0.05) is 5.56 Å². The monoisotopic (exact) mass is 250 g/mol. The molecule has 0 fully saturated rings. The molecule has 1 aromatic heterocycles. The van der Waals surface area contributed by atoms with Gasteiger partial charge >= 0.3 is 0 Å². The van der Waals surface area contributed by atoms with Crippen molar-refractivity contribution < 1.29 is 4.52 Å². The number of aryl methyl sites for hydroxylation is 2. The number of hydrogen-bond donors (Lipinski definition) is 0. The van der Waals surface area contributed by atoms with Crippen LogP contribution >= 0.6 is 11.6 Å². The van der Waals surface area contributed by atoms with Gasteiger partial charge in [0.2, 0.25) is 0 Å². The molecule has 1 heterocycles. The van der Waals surface area contributed by atoms with E-state index in [4.69, 9.17) is 16.1 Å². The molecule has 3 nitrogen and oxygen atoms in total. The standard InChI is InChI=1S/C13H15ClN2O/c1-4-11(14)12-15-13(17-16-12)10-6-5-8(2)9(3)7-10/h5-7,11H,4H2,1-3H3. The Bertz CT molecular complexity index is 522. The fourth-order valence-electron chi connectivity index (χ4n) is 1.54. The summed E-state index contributed by atoms with van der Waals surface area (Å²) in [6.45, 7) is 6.13. The van der Waals surface area contributed by atoms with Crippen LogP contribution in [0.5, 0.6) is 0 Å². The first-order valence-electron chi connectivity index (χ1n) is 5.67. The second-order valence-electron chi connectivity index (χ2n) is 4.13. The summed E-state index contributed by atoms with van der Waals surface area (Å²) in [4.78, 5) is 4.31. The summed E-state index contributed by atoms with van der Waals surface area (Å²) in [6.07, 6.45) is 0.785. The number of aromatic nitrogens is 2. The lowest BCUT2D eigenvalue weighted by molar-refractivity contribution is 0.421. The van der Waals surface area contributed by atoms with E-state index in [1.165, 1.54) is 11.1 Å². The highest BCUT2D eigenvalue weighted by Crippen LogP contribution is 2.25. The Labute approximate surface area is 106 Å². The molecular formula is C13H15ClN2O. The topological polar surface area (TPSA) is 38.9 Å². The lowest BCUT2D eigenvalue weighted by Gasteiger charge is -2.00. The minimum Gasteiger partial charge on any atom is -0.334 e. The molecular weight excluding hydrogens is 236 g/mol. The van der Waals surface area contributed by atoms with Crippen LogP contribution in [-0.4, -0.2) is 10.1 Å². The highest BCUT2D eigenvalue weighted by Gasteiger charge is 2.15. The first kappa shape index (κ1) is 12.1. The minimum atomic E-state index is -0.181. The zero-order chi connectivity index (χ0) is 12.4. The smallest absolute Gasteiger partial charge is 0.257 e. The Hall–Kier alpha value is -1.35. The second kappa shape index (κ2) is 4.88. The Kier molecular flexibility index (Phi) is 3.48. The molecule has 2 aromatic rings. The van der Waals surface area contributed by atoms with Crippen LogP contribution in [0, 0.1) is 13.8 Å². The molecule has 0 aliphatic carbocycles. The molecule has 0 radical (unpaired) electrons. The fourth-order valence-corrected chi connectivity index (χ4v) is 1.63. The molecule has 0 N–H and O–H groups in total. The van der Waals surface area contributed by atoms with Gasteiger partial charge < -0.3 is 4.52 Å². The van der Waals surface area contributed by atoms with Crippen LogP contribution in [-0.2, 0) is 0 Å². The Morgan fingerprint density at radius 1 is 1.29 bits per heavy atom. The number of halogens is 1. The van der Waals surface area contributed by atoms with Crippen molar-refractivity contribution in [2.45, 2.75) is 32.6 Å². The predicted molar refractivity (Wildman–Crippen MR) is 68.1 cm³/mol. The fraction of sp³-hybridized carbons (Fsp3) is 0.385. The van der Waals surface area contributed by atoms with Gasteiger partial charge in [-0.3, -0.25) is 0 Å². The molecule has 0 saturated carbocycles. The molecule has 4 heteroatoms. The van der Waals surface area contributed by atoms with Gasteiger partial charge in [0.15, 0.2) is 5.82 Å². The number of rotatable bonds is 3. The van der Waals surface area contributed by atoms with Crippen LogP contribution in [0.4, 0.5) is 0 Å². The van der Waals surface area contributed by atoms with Crippen molar-refractivity contribution in [3.05, 3.63) is 35.2 Å². The van der Waals surface area contributed by atoms with Crippen LogP contribution in [0.25, 0.3) is 11.5 Å². The molecule has 1 atom stereocenters. The third kappa shape index (κ3) is 2.50. The molecule has 0 aliphatic heterocycles. The molecule has 0 amide bonds. The molecule has 1 unspecified atom stereocenters. The van der Waals surface area contributed by atoms with Gasteiger partial charge in [-0.05, 0) is 43.5 Å². The number of alkyl halides is 1. The summed E-state index contributed by atoms with van der Waals surface area (Å²) >= 11 is 6.06. The number of nitrogens with zero attached hydrogens (tertiary/aromatic N) is 2. The number of benzene rings is 1. The zero-order valence-electron chi connectivity index (χ0n) is 10.2. The molecule has 2 rings (SSSR count). The van der Waals surface area contributed by atoms with E-state index < -0.39 is 0 Å². The Morgan fingerprint density at radius 2 is 2.06 bits per heavy atom. The highest BCUT2D eigenvalue weighted by molar-refractivity contribution is 6.20. The summed E-state index contributed by atoms with van der Waals surface area (Å²) in [6, 6.07) is 6.07. The van der Waals surface area contributed by atoms with E-state index in [0.29, 0.717) is 11.7 Å². The molecule has 1 aromatic carbocycles. The van der Waals surface area contributed by atoms with Crippen LogP contribution in [0.1, 0.15) is 35.7 Å². The Balaban J connectivity index is 2.33. The van der Waals surface area contributed by atoms with Crippen molar-refractivity contribution in [3.63, 3.8) is 0 Å². The summed E-state index contributed by atoms with van der Waals surface area (Å²) < 4.78 is 5.22. The second-order valence-corrected chi connectivity index (χ2v) is 4.66. The van der Waals surface area contributed by atoms with Gasteiger partial charge in [0.25, 0.3) is 5.89 Å². The lowest BCUT2D eigenvalue weighted by Crippen LogP contribution is -1.90. The van der Waals surface area contributed by atoms with E-state index in [2.05, 4.69) is 24.0 Å². The molecule has 0 aliphatic rings. The van der Waals surface area contributed by atoms with E-state index >= 15 is 0 Å². The average molecular weight is 251 g/mol. The lowest BCUT2D eigenvalue weighted by atomic mass is 10.1. The van der Waals surface area contributed by atoms with Crippen LogP contribution < -0.4 is 0 Å². The summed E-state index contributed by atoms with van der Waals surface area (Å²) in [7, 11) is 0. The maximum absolute atomic E-state index is 6.06. The molecule has 0 spiro atoms. The van der Waals surface area contributed by atoms with E-state index in [1.807, 2.05) is 25.1 Å². The largest absolute Gasteiger partial charge is 0.334 e. The molecule has 0 bridgehead atoms. The third-order valence-corrected chi connectivity index (χ3v) is 3.34. The normalized spacial score (nSPS) is 12.7. The molecule has 17 heavy (non-hydrogen) atoms. The van der Waals surface area contributed by atoms with E-state index in [9.17, 15) is 0 Å². The average Bonchev–Trinajstić information content (AvgIpc) is 2.81. The first-order valence-corrected chi connectivity index (χ1v) is 6.10. The summed E-state index contributed by atoms with van der Waals surface area (Å²) in [5.74, 6) is 1.09. The predicted octanol–water partition coefficient (Wildman–Crippen LogP) is 4.04. The van der Waals surface area contributed by atoms with E-state index in [1.54, 1.807) is 0 Å². The van der Waals surface area contributed by atoms with Gasteiger partial charge in [-0.1, -0.05) is 18.1 Å². The summed E-state index contributed by atoms with van der Waals surface area (Å²) in [5, 5.41) is 3.72. The minimum absolute atomic E-state index is 0.181.